The van der Waals surface area contributed by atoms with Crippen molar-refractivity contribution >= 4 is 5.91 Å². The molecule has 18 heavy (non-hydrogen) atoms. The molecule has 1 amide bonds. The van der Waals surface area contributed by atoms with Gasteiger partial charge in [-0.05, 0) is 25.3 Å². The molecule has 0 bridgehead atoms. The van der Waals surface area contributed by atoms with Crippen LogP contribution in [0.3, 0.4) is 0 Å². The first kappa shape index (κ1) is 11.7. The topological polar surface area (TPSA) is 88.5 Å². The molecule has 1 spiro atoms. The van der Waals surface area contributed by atoms with Gasteiger partial charge in [0.05, 0.1) is 5.56 Å². The molecule has 2 fully saturated rings. The Morgan fingerprint density at radius 2 is 2.39 bits per heavy atom. The normalized spacial score (nSPS) is 28.6. The van der Waals surface area contributed by atoms with E-state index in [1.165, 1.54) is 12.7 Å². The monoisotopic (exact) mass is 250 g/mol. The lowest BCUT2D eigenvalue weighted by Gasteiger charge is -2.60. The first-order valence-electron chi connectivity index (χ1n) is 6.40. The molecule has 2 atom stereocenters. The lowest BCUT2D eigenvalue weighted by atomic mass is 9.50. The second-order valence-corrected chi connectivity index (χ2v) is 5.41. The minimum atomic E-state index is -0.189. The van der Waals surface area contributed by atoms with Crippen molar-refractivity contribution < 1.29 is 14.3 Å². The van der Waals surface area contributed by atoms with Crippen molar-refractivity contribution in [1.29, 1.82) is 0 Å². The summed E-state index contributed by atoms with van der Waals surface area (Å²) in [6.07, 6.45) is 5.68. The Balaban J connectivity index is 1.65. The number of aliphatic hydroxyl groups excluding tert-OH is 1. The smallest absolute Gasteiger partial charge is 0.254 e. The van der Waals surface area contributed by atoms with E-state index in [2.05, 4.69) is 5.32 Å². The van der Waals surface area contributed by atoms with Gasteiger partial charge in [-0.1, -0.05) is 6.42 Å². The zero-order chi connectivity index (χ0) is 12.8. The standard InChI is InChI=1S/C13H18N2O3/c14-10-5-11(13(10)2-1-3-13)15-12(17)8-4-9(6-16)18-7-8/h4,7,10-11,16H,1-3,5-6,14H2,(H,15,17). The van der Waals surface area contributed by atoms with Crippen molar-refractivity contribution in [3.05, 3.63) is 23.7 Å². The van der Waals surface area contributed by atoms with Crippen molar-refractivity contribution in [3.63, 3.8) is 0 Å². The number of rotatable bonds is 3. The summed E-state index contributed by atoms with van der Waals surface area (Å²) in [5.41, 5.74) is 6.66. The molecular weight excluding hydrogens is 232 g/mol. The van der Waals surface area contributed by atoms with Crippen molar-refractivity contribution in [2.75, 3.05) is 0 Å². The molecule has 0 aliphatic heterocycles. The summed E-state index contributed by atoms with van der Waals surface area (Å²) in [6.45, 7) is -0.189. The van der Waals surface area contributed by atoms with Crippen LogP contribution in [-0.2, 0) is 6.61 Å². The van der Waals surface area contributed by atoms with Crippen LogP contribution in [-0.4, -0.2) is 23.1 Å². The maximum absolute atomic E-state index is 12.0. The molecule has 5 nitrogen and oxygen atoms in total. The van der Waals surface area contributed by atoms with E-state index in [1.807, 2.05) is 0 Å². The van der Waals surface area contributed by atoms with E-state index < -0.39 is 0 Å². The van der Waals surface area contributed by atoms with Gasteiger partial charge in [0.2, 0.25) is 0 Å². The highest BCUT2D eigenvalue weighted by molar-refractivity contribution is 5.94. The predicted molar refractivity (Wildman–Crippen MR) is 64.8 cm³/mol. The first-order valence-corrected chi connectivity index (χ1v) is 6.40. The van der Waals surface area contributed by atoms with Gasteiger partial charge in [0, 0.05) is 17.5 Å². The Hall–Kier alpha value is -1.33. The summed E-state index contributed by atoms with van der Waals surface area (Å²) in [7, 11) is 0. The number of hydrogen-bond donors (Lipinski definition) is 3. The average Bonchev–Trinajstić information content (AvgIpc) is 2.74. The number of nitrogens with two attached hydrogens (primary N) is 1. The molecule has 2 unspecified atom stereocenters. The minimum absolute atomic E-state index is 0.137. The lowest BCUT2D eigenvalue weighted by molar-refractivity contribution is -0.0389. The van der Waals surface area contributed by atoms with Gasteiger partial charge in [-0.25, -0.2) is 0 Å². The Labute approximate surface area is 105 Å². The summed E-state index contributed by atoms with van der Waals surface area (Å²) in [5.74, 6) is 0.269. The number of carbonyl (C=O) groups is 1. The Morgan fingerprint density at radius 3 is 2.89 bits per heavy atom. The molecule has 2 aliphatic rings. The van der Waals surface area contributed by atoms with E-state index in [0.29, 0.717) is 11.3 Å². The number of amides is 1. The SMILES string of the molecule is NC1CC(NC(=O)c2coc(CO)c2)C12CCC2. The fraction of sp³-hybridized carbons (Fsp3) is 0.615. The number of nitrogens with one attached hydrogen (secondary N) is 1. The first-order chi connectivity index (χ1) is 8.65. The van der Waals surface area contributed by atoms with Crippen molar-refractivity contribution in [3.8, 4) is 0 Å². The second kappa shape index (κ2) is 4.10. The Morgan fingerprint density at radius 1 is 1.61 bits per heavy atom. The maximum Gasteiger partial charge on any atom is 0.254 e. The average molecular weight is 250 g/mol. The fourth-order valence-corrected chi connectivity index (χ4v) is 3.15. The molecule has 5 heteroatoms. The zero-order valence-corrected chi connectivity index (χ0v) is 10.2. The van der Waals surface area contributed by atoms with Crippen LogP contribution in [0.5, 0.6) is 0 Å². The highest BCUT2D eigenvalue weighted by atomic mass is 16.4. The summed E-state index contributed by atoms with van der Waals surface area (Å²) >= 11 is 0. The van der Waals surface area contributed by atoms with Crippen LogP contribution in [0.2, 0.25) is 0 Å². The largest absolute Gasteiger partial charge is 0.466 e. The number of carbonyl (C=O) groups excluding carboxylic acids is 1. The molecule has 3 rings (SSSR count). The van der Waals surface area contributed by atoms with Crippen LogP contribution >= 0.6 is 0 Å². The predicted octanol–water partition coefficient (Wildman–Crippen LogP) is 0.772. The van der Waals surface area contributed by atoms with Crippen LogP contribution in [0.1, 0.15) is 41.8 Å². The maximum atomic E-state index is 12.0. The molecule has 0 saturated heterocycles. The van der Waals surface area contributed by atoms with E-state index in [4.69, 9.17) is 15.3 Å². The van der Waals surface area contributed by atoms with Crippen molar-refractivity contribution in [1.82, 2.24) is 5.32 Å². The van der Waals surface area contributed by atoms with Gasteiger partial charge < -0.3 is 20.6 Å². The Bertz CT molecular complexity index is 465. The van der Waals surface area contributed by atoms with Gasteiger partial charge in [-0.2, -0.15) is 0 Å². The molecular formula is C13H18N2O3. The van der Waals surface area contributed by atoms with Crippen molar-refractivity contribution in [2.45, 2.75) is 44.4 Å². The van der Waals surface area contributed by atoms with Crippen LogP contribution in [0.25, 0.3) is 0 Å². The number of furan rings is 1. The lowest BCUT2D eigenvalue weighted by Crippen LogP contribution is -2.69. The molecule has 1 heterocycles. The van der Waals surface area contributed by atoms with Crippen LogP contribution < -0.4 is 11.1 Å². The quantitative estimate of drug-likeness (QED) is 0.739. The second-order valence-electron chi connectivity index (χ2n) is 5.41. The Kier molecular flexibility index (Phi) is 2.68. The van der Waals surface area contributed by atoms with E-state index in [-0.39, 0.29) is 30.0 Å². The summed E-state index contributed by atoms with van der Waals surface area (Å²) in [4.78, 5) is 12.0. The highest BCUT2D eigenvalue weighted by Gasteiger charge is 2.57. The zero-order valence-electron chi connectivity index (χ0n) is 10.2. The summed E-state index contributed by atoms with van der Waals surface area (Å²) in [6, 6.07) is 2.00. The van der Waals surface area contributed by atoms with Crippen LogP contribution in [0, 0.1) is 5.41 Å². The minimum Gasteiger partial charge on any atom is -0.466 e. The van der Waals surface area contributed by atoms with Crippen LogP contribution in [0.15, 0.2) is 16.7 Å². The molecule has 2 aliphatic carbocycles. The van der Waals surface area contributed by atoms with E-state index >= 15 is 0 Å². The molecule has 1 aromatic heterocycles. The number of hydrogen-bond acceptors (Lipinski definition) is 4. The highest BCUT2D eigenvalue weighted by Crippen LogP contribution is 2.55. The van der Waals surface area contributed by atoms with E-state index in [1.54, 1.807) is 6.07 Å². The molecule has 98 valence electrons. The molecule has 0 aromatic carbocycles. The number of aliphatic hydroxyl groups is 1. The van der Waals surface area contributed by atoms with Gasteiger partial charge in [0.25, 0.3) is 5.91 Å². The molecule has 1 aromatic rings. The molecule has 4 N–H and O–H groups in total. The van der Waals surface area contributed by atoms with Gasteiger partial charge in [-0.3, -0.25) is 4.79 Å². The van der Waals surface area contributed by atoms with Crippen molar-refractivity contribution in [2.24, 2.45) is 11.1 Å². The third kappa shape index (κ3) is 1.58. The van der Waals surface area contributed by atoms with Crippen LogP contribution in [0.4, 0.5) is 0 Å². The summed E-state index contributed by atoms with van der Waals surface area (Å²) in [5, 5.41) is 11.9. The van der Waals surface area contributed by atoms with Gasteiger partial charge in [0.15, 0.2) is 0 Å². The third-order valence-corrected chi connectivity index (χ3v) is 4.58. The van der Waals surface area contributed by atoms with E-state index in [9.17, 15) is 4.79 Å². The molecule has 0 radical (unpaired) electrons. The summed E-state index contributed by atoms with van der Waals surface area (Å²) < 4.78 is 5.05. The fourth-order valence-electron chi connectivity index (χ4n) is 3.15. The third-order valence-electron chi connectivity index (χ3n) is 4.58. The van der Waals surface area contributed by atoms with E-state index in [0.717, 1.165) is 19.3 Å². The van der Waals surface area contributed by atoms with Gasteiger partial charge >= 0.3 is 0 Å². The van der Waals surface area contributed by atoms with Gasteiger partial charge in [0.1, 0.15) is 18.6 Å². The van der Waals surface area contributed by atoms with Gasteiger partial charge in [-0.15, -0.1) is 0 Å². The molecule has 2 saturated carbocycles.